The molecule has 0 spiro atoms. The van der Waals surface area contributed by atoms with Crippen LogP contribution in [0.5, 0.6) is 0 Å². The van der Waals surface area contributed by atoms with E-state index >= 15 is 0 Å². The summed E-state index contributed by atoms with van der Waals surface area (Å²) in [6.45, 7) is 2.63. The van der Waals surface area contributed by atoms with Gasteiger partial charge in [-0.15, -0.1) is 0 Å². The first kappa shape index (κ1) is 13.7. The SMILES string of the molecule is Cc1cccc(-c2nc(C3CCCCN3)no2)c1[N+](=O)[O-]. The van der Waals surface area contributed by atoms with Gasteiger partial charge < -0.3 is 9.84 Å². The van der Waals surface area contributed by atoms with Crippen LogP contribution in [-0.4, -0.2) is 21.6 Å². The molecule has 0 saturated carbocycles. The molecule has 1 N–H and O–H groups in total. The predicted molar refractivity (Wildman–Crippen MR) is 75.7 cm³/mol. The van der Waals surface area contributed by atoms with Crippen LogP contribution in [0, 0.1) is 17.0 Å². The van der Waals surface area contributed by atoms with Crippen molar-refractivity contribution in [1.82, 2.24) is 15.5 Å². The van der Waals surface area contributed by atoms with Gasteiger partial charge in [-0.25, -0.2) is 0 Å². The van der Waals surface area contributed by atoms with Gasteiger partial charge in [-0.2, -0.15) is 4.98 Å². The summed E-state index contributed by atoms with van der Waals surface area (Å²) in [6.07, 6.45) is 3.21. The maximum absolute atomic E-state index is 11.2. The molecule has 0 aliphatic carbocycles. The van der Waals surface area contributed by atoms with Crippen LogP contribution in [0.25, 0.3) is 11.5 Å². The summed E-state index contributed by atoms with van der Waals surface area (Å²) in [5, 5.41) is 18.5. The Hall–Kier alpha value is -2.28. The van der Waals surface area contributed by atoms with Crippen molar-refractivity contribution in [1.29, 1.82) is 0 Å². The first-order chi connectivity index (χ1) is 10.2. The van der Waals surface area contributed by atoms with E-state index in [2.05, 4.69) is 15.5 Å². The van der Waals surface area contributed by atoms with Crippen molar-refractivity contribution in [3.05, 3.63) is 39.7 Å². The molecule has 2 aromatic rings. The number of nitrogens with zero attached hydrogens (tertiary/aromatic N) is 3. The molecular formula is C14H16N4O3. The maximum atomic E-state index is 11.2. The zero-order chi connectivity index (χ0) is 14.8. The van der Waals surface area contributed by atoms with Crippen LogP contribution in [0.15, 0.2) is 22.7 Å². The van der Waals surface area contributed by atoms with Gasteiger partial charge in [0.2, 0.25) is 0 Å². The fraction of sp³-hybridized carbons (Fsp3) is 0.429. The van der Waals surface area contributed by atoms with Crippen LogP contribution in [0.1, 0.15) is 36.7 Å². The first-order valence-corrected chi connectivity index (χ1v) is 6.98. The highest BCUT2D eigenvalue weighted by atomic mass is 16.6. The lowest BCUT2D eigenvalue weighted by Crippen LogP contribution is -2.27. The normalized spacial score (nSPS) is 18.6. The summed E-state index contributed by atoms with van der Waals surface area (Å²) in [7, 11) is 0. The standard InChI is InChI=1S/C14H16N4O3/c1-9-5-4-6-10(12(9)18(19)20)14-16-13(17-21-14)11-7-2-3-8-15-11/h4-6,11,15H,2-3,7-8H2,1H3. The highest BCUT2D eigenvalue weighted by Crippen LogP contribution is 2.32. The number of para-hydroxylation sites is 1. The topological polar surface area (TPSA) is 94.1 Å². The molecule has 0 bridgehead atoms. The first-order valence-electron chi connectivity index (χ1n) is 6.98. The second-order valence-corrected chi connectivity index (χ2v) is 5.19. The van der Waals surface area contributed by atoms with Gasteiger partial charge in [-0.3, -0.25) is 10.1 Å². The Bertz CT molecular complexity index is 662. The molecule has 3 rings (SSSR count). The van der Waals surface area contributed by atoms with Gasteiger partial charge in [0.05, 0.1) is 11.0 Å². The molecule has 1 aliphatic heterocycles. The van der Waals surface area contributed by atoms with Gasteiger partial charge in [0.1, 0.15) is 5.56 Å². The van der Waals surface area contributed by atoms with Gasteiger partial charge in [0, 0.05) is 5.56 Å². The van der Waals surface area contributed by atoms with E-state index in [0.717, 1.165) is 25.8 Å². The van der Waals surface area contributed by atoms with E-state index in [1.165, 1.54) is 0 Å². The average molecular weight is 288 g/mol. The smallest absolute Gasteiger partial charge is 0.285 e. The molecule has 2 heterocycles. The molecule has 110 valence electrons. The second kappa shape index (κ2) is 5.61. The fourth-order valence-electron chi connectivity index (χ4n) is 2.63. The van der Waals surface area contributed by atoms with Crippen LogP contribution >= 0.6 is 0 Å². The third kappa shape index (κ3) is 2.64. The lowest BCUT2D eigenvalue weighted by Gasteiger charge is -2.19. The molecule has 1 aliphatic rings. The van der Waals surface area contributed by atoms with Crippen LogP contribution in [0.3, 0.4) is 0 Å². The monoisotopic (exact) mass is 288 g/mol. The predicted octanol–water partition coefficient (Wildman–Crippen LogP) is 2.77. The Morgan fingerprint density at radius 1 is 1.43 bits per heavy atom. The summed E-state index contributed by atoms with van der Waals surface area (Å²) in [5.41, 5.74) is 0.965. The Kier molecular flexibility index (Phi) is 3.66. The van der Waals surface area contributed by atoms with E-state index in [1.54, 1.807) is 25.1 Å². The summed E-state index contributed by atoms with van der Waals surface area (Å²) in [4.78, 5) is 15.2. The Labute approximate surface area is 121 Å². The largest absolute Gasteiger partial charge is 0.334 e. The molecule has 0 amide bonds. The number of aryl methyl sites for hydroxylation is 1. The zero-order valence-electron chi connectivity index (χ0n) is 11.7. The Morgan fingerprint density at radius 3 is 3.00 bits per heavy atom. The molecule has 1 aromatic heterocycles. The highest BCUT2D eigenvalue weighted by Gasteiger charge is 2.25. The van der Waals surface area contributed by atoms with Crippen LogP contribution in [0.4, 0.5) is 5.69 Å². The van der Waals surface area contributed by atoms with E-state index in [1.807, 2.05) is 0 Å². The molecule has 21 heavy (non-hydrogen) atoms. The molecule has 1 fully saturated rings. The van der Waals surface area contributed by atoms with Crippen molar-refractivity contribution in [2.75, 3.05) is 6.54 Å². The molecule has 7 heteroatoms. The number of rotatable bonds is 3. The van der Waals surface area contributed by atoms with E-state index in [-0.39, 0.29) is 17.6 Å². The molecular weight excluding hydrogens is 272 g/mol. The summed E-state index contributed by atoms with van der Waals surface area (Å²) in [6, 6.07) is 5.15. The summed E-state index contributed by atoms with van der Waals surface area (Å²) < 4.78 is 5.24. The van der Waals surface area contributed by atoms with Gasteiger partial charge in [-0.05, 0) is 32.4 Å². The molecule has 0 radical (unpaired) electrons. The van der Waals surface area contributed by atoms with Crippen LogP contribution in [-0.2, 0) is 0 Å². The van der Waals surface area contributed by atoms with Crippen molar-refractivity contribution < 1.29 is 9.45 Å². The lowest BCUT2D eigenvalue weighted by molar-refractivity contribution is -0.384. The van der Waals surface area contributed by atoms with Crippen LogP contribution in [0.2, 0.25) is 0 Å². The number of benzene rings is 1. The van der Waals surface area contributed by atoms with E-state index in [9.17, 15) is 10.1 Å². The number of aromatic nitrogens is 2. The number of nitro benzene ring substituents is 1. The summed E-state index contributed by atoms with van der Waals surface area (Å²) >= 11 is 0. The quantitative estimate of drug-likeness (QED) is 0.689. The average Bonchev–Trinajstić information content (AvgIpc) is 2.97. The number of hydrogen-bond donors (Lipinski definition) is 1. The highest BCUT2D eigenvalue weighted by molar-refractivity contribution is 5.69. The molecule has 1 atom stereocenters. The lowest BCUT2D eigenvalue weighted by atomic mass is 10.0. The van der Waals surface area contributed by atoms with Gasteiger partial charge in [0.15, 0.2) is 5.82 Å². The van der Waals surface area contributed by atoms with Crippen molar-refractivity contribution in [2.45, 2.75) is 32.2 Å². The molecule has 7 nitrogen and oxygen atoms in total. The van der Waals surface area contributed by atoms with Crippen molar-refractivity contribution >= 4 is 5.69 Å². The van der Waals surface area contributed by atoms with E-state index in [0.29, 0.717) is 17.0 Å². The van der Waals surface area contributed by atoms with E-state index < -0.39 is 4.92 Å². The van der Waals surface area contributed by atoms with Gasteiger partial charge in [0.25, 0.3) is 11.6 Å². The number of piperidine rings is 1. The number of hydrogen-bond acceptors (Lipinski definition) is 6. The second-order valence-electron chi connectivity index (χ2n) is 5.19. The third-order valence-corrected chi connectivity index (χ3v) is 3.71. The number of nitro groups is 1. The fourth-order valence-corrected chi connectivity index (χ4v) is 2.63. The minimum Gasteiger partial charge on any atom is -0.334 e. The maximum Gasteiger partial charge on any atom is 0.285 e. The molecule has 1 aromatic carbocycles. The molecule has 1 unspecified atom stereocenters. The number of nitrogens with one attached hydrogen (secondary N) is 1. The van der Waals surface area contributed by atoms with Crippen molar-refractivity contribution in [3.8, 4) is 11.5 Å². The van der Waals surface area contributed by atoms with Gasteiger partial charge in [-0.1, -0.05) is 23.7 Å². The minimum absolute atomic E-state index is 0.0179. The summed E-state index contributed by atoms with van der Waals surface area (Å²) in [5.74, 6) is 0.772. The molecule has 1 saturated heterocycles. The van der Waals surface area contributed by atoms with Crippen molar-refractivity contribution in [2.24, 2.45) is 0 Å². The Morgan fingerprint density at radius 2 is 2.29 bits per heavy atom. The van der Waals surface area contributed by atoms with Gasteiger partial charge >= 0.3 is 0 Å². The Balaban J connectivity index is 1.96. The zero-order valence-corrected chi connectivity index (χ0v) is 11.7. The minimum atomic E-state index is -0.409. The van der Waals surface area contributed by atoms with Crippen LogP contribution < -0.4 is 5.32 Å². The van der Waals surface area contributed by atoms with E-state index in [4.69, 9.17) is 4.52 Å². The van der Waals surface area contributed by atoms with Crippen molar-refractivity contribution in [3.63, 3.8) is 0 Å². The third-order valence-electron chi connectivity index (χ3n) is 3.71.